The molecule has 21 heavy (non-hydrogen) atoms. The molecule has 2 aromatic carbocycles. The van der Waals surface area contributed by atoms with Gasteiger partial charge in [0.1, 0.15) is 11.9 Å². The highest BCUT2D eigenvalue weighted by Crippen LogP contribution is 2.25. The molecule has 1 N–H and O–H groups in total. The van der Waals surface area contributed by atoms with Gasteiger partial charge in [-0.3, -0.25) is 0 Å². The quantitative estimate of drug-likeness (QED) is 0.803. The first-order valence-electron chi connectivity index (χ1n) is 7.67. The fraction of sp³-hybridized carbons (Fsp3) is 0.368. The molecule has 0 saturated carbocycles. The van der Waals surface area contributed by atoms with Crippen molar-refractivity contribution >= 4 is 0 Å². The van der Waals surface area contributed by atoms with Gasteiger partial charge in [0, 0.05) is 12.1 Å². The molecule has 2 rings (SSSR count). The van der Waals surface area contributed by atoms with Crippen LogP contribution in [0.4, 0.5) is 0 Å². The molecule has 2 heteroatoms. The molecule has 0 aliphatic carbocycles. The molecule has 0 bridgehead atoms. The number of para-hydroxylation sites is 1. The van der Waals surface area contributed by atoms with Crippen LogP contribution in [0, 0.1) is 5.92 Å². The Hall–Kier alpha value is -1.80. The van der Waals surface area contributed by atoms with Crippen molar-refractivity contribution in [3.63, 3.8) is 0 Å². The summed E-state index contributed by atoms with van der Waals surface area (Å²) in [7, 11) is 0. The minimum absolute atomic E-state index is 0.0532. The van der Waals surface area contributed by atoms with Gasteiger partial charge in [-0.2, -0.15) is 0 Å². The molecule has 2 aromatic rings. The smallest absolute Gasteiger partial charge is 0.124 e. The Morgan fingerprint density at radius 2 is 1.57 bits per heavy atom. The minimum Gasteiger partial charge on any atom is -0.486 e. The lowest BCUT2D eigenvalue weighted by Crippen LogP contribution is -2.19. The maximum Gasteiger partial charge on any atom is 0.124 e. The van der Waals surface area contributed by atoms with Crippen LogP contribution in [0.25, 0.3) is 0 Å². The largest absolute Gasteiger partial charge is 0.486 e. The summed E-state index contributed by atoms with van der Waals surface area (Å²) in [5, 5.41) is 3.47. The standard InChI is InChI=1S/C19H25NO/c1-15(2)13-20-14-18-11-7-8-12-19(18)21-16(3)17-9-5-4-6-10-17/h4-12,15-16,20H,13-14H2,1-3H3. The van der Waals surface area contributed by atoms with Crippen molar-refractivity contribution in [3.8, 4) is 5.75 Å². The van der Waals surface area contributed by atoms with Crippen LogP contribution in [0.15, 0.2) is 54.6 Å². The third kappa shape index (κ3) is 4.91. The third-order valence-corrected chi connectivity index (χ3v) is 3.41. The topological polar surface area (TPSA) is 21.3 Å². The van der Waals surface area contributed by atoms with Crippen LogP contribution in [0.5, 0.6) is 5.75 Å². The summed E-state index contributed by atoms with van der Waals surface area (Å²) in [6.45, 7) is 8.38. The zero-order valence-electron chi connectivity index (χ0n) is 13.2. The zero-order valence-corrected chi connectivity index (χ0v) is 13.2. The van der Waals surface area contributed by atoms with E-state index in [1.165, 1.54) is 11.1 Å². The van der Waals surface area contributed by atoms with Gasteiger partial charge in [0.25, 0.3) is 0 Å². The van der Waals surface area contributed by atoms with E-state index in [-0.39, 0.29) is 6.10 Å². The van der Waals surface area contributed by atoms with Crippen LogP contribution in [-0.4, -0.2) is 6.54 Å². The first-order valence-corrected chi connectivity index (χ1v) is 7.67. The maximum atomic E-state index is 6.15. The van der Waals surface area contributed by atoms with Crippen molar-refractivity contribution in [2.24, 2.45) is 5.92 Å². The lowest BCUT2D eigenvalue weighted by molar-refractivity contribution is 0.224. The van der Waals surface area contributed by atoms with Gasteiger partial charge in [-0.25, -0.2) is 0 Å². The van der Waals surface area contributed by atoms with E-state index >= 15 is 0 Å². The number of benzene rings is 2. The molecular weight excluding hydrogens is 258 g/mol. The van der Waals surface area contributed by atoms with Gasteiger partial charge in [-0.1, -0.05) is 62.4 Å². The minimum atomic E-state index is 0.0532. The van der Waals surface area contributed by atoms with Gasteiger partial charge in [0.05, 0.1) is 0 Å². The predicted molar refractivity (Wildman–Crippen MR) is 88.5 cm³/mol. The molecule has 0 spiro atoms. The SMILES string of the molecule is CC(C)CNCc1ccccc1OC(C)c1ccccc1. The second-order valence-electron chi connectivity index (χ2n) is 5.80. The third-order valence-electron chi connectivity index (χ3n) is 3.41. The van der Waals surface area contributed by atoms with E-state index in [0.717, 1.165) is 18.8 Å². The molecular formula is C19H25NO. The molecule has 0 saturated heterocycles. The van der Waals surface area contributed by atoms with Gasteiger partial charge < -0.3 is 10.1 Å². The molecule has 112 valence electrons. The molecule has 0 amide bonds. The van der Waals surface area contributed by atoms with E-state index < -0.39 is 0 Å². The van der Waals surface area contributed by atoms with Crippen LogP contribution in [0.3, 0.4) is 0 Å². The van der Waals surface area contributed by atoms with Crippen LogP contribution >= 0.6 is 0 Å². The van der Waals surface area contributed by atoms with Gasteiger partial charge in [-0.15, -0.1) is 0 Å². The molecule has 2 nitrogen and oxygen atoms in total. The van der Waals surface area contributed by atoms with Gasteiger partial charge in [-0.05, 0) is 31.0 Å². The highest BCUT2D eigenvalue weighted by molar-refractivity contribution is 5.34. The second-order valence-corrected chi connectivity index (χ2v) is 5.80. The monoisotopic (exact) mass is 283 g/mol. The Morgan fingerprint density at radius 3 is 2.29 bits per heavy atom. The maximum absolute atomic E-state index is 6.15. The Morgan fingerprint density at radius 1 is 0.905 bits per heavy atom. The van der Waals surface area contributed by atoms with Gasteiger partial charge >= 0.3 is 0 Å². The Balaban J connectivity index is 2.02. The predicted octanol–water partition coefficient (Wildman–Crippen LogP) is 4.57. The van der Waals surface area contributed by atoms with E-state index in [1.54, 1.807) is 0 Å². The van der Waals surface area contributed by atoms with E-state index in [1.807, 2.05) is 30.3 Å². The molecule has 0 aliphatic rings. The summed E-state index contributed by atoms with van der Waals surface area (Å²) in [5.41, 5.74) is 2.41. The van der Waals surface area contributed by atoms with Crippen molar-refractivity contribution in [2.75, 3.05) is 6.54 Å². The average Bonchev–Trinajstić information content (AvgIpc) is 2.49. The summed E-state index contributed by atoms with van der Waals surface area (Å²) < 4.78 is 6.15. The number of ether oxygens (including phenoxy) is 1. The fourth-order valence-electron chi connectivity index (χ4n) is 2.24. The lowest BCUT2D eigenvalue weighted by atomic mass is 10.1. The van der Waals surface area contributed by atoms with Crippen molar-refractivity contribution in [2.45, 2.75) is 33.4 Å². The molecule has 1 unspecified atom stereocenters. The first-order chi connectivity index (χ1) is 10.2. The molecule has 0 aliphatic heterocycles. The van der Waals surface area contributed by atoms with Crippen LogP contribution in [0.2, 0.25) is 0 Å². The van der Waals surface area contributed by atoms with Crippen LogP contribution in [-0.2, 0) is 6.54 Å². The van der Waals surface area contributed by atoms with Crippen LogP contribution < -0.4 is 10.1 Å². The highest BCUT2D eigenvalue weighted by Gasteiger charge is 2.09. The molecule has 0 fully saturated rings. The summed E-state index contributed by atoms with van der Waals surface area (Å²) in [4.78, 5) is 0. The summed E-state index contributed by atoms with van der Waals surface area (Å²) in [6, 6.07) is 18.6. The molecule has 0 radical (unpaired) electrons. The first kappa shape index (κ1) is 15.6. The van der Waals surface area contributed by atoms with Crippen molar-refractivity contribution in [1.29, 1.82) is 0 Å². The average molecular weight is 283 g/mol. The lowest BCUT2D eigenvalue weighted by Gasteiger charge is -2.18. The van der Waals surface area contributed by atoms with E-state index in [2.05, 4.69) is 50.4 Å². The Kier molecular flexibility index (Phi) is 5.82. The van der Waals surface area contributed by atoms with E-state index in [0.29, 0.717) is 5.92 Å². The summed E-state index contributed by atoms with van der Waals surface area (Å²) in [6.07, 6.45) is 0.0532. The molecule has 0 aromatic heterocycles. The highest BCUT2D eigenvalue weighted by atomic mass is 16.5. The Labute approximate surface area is 128 Å². The van der Waals surface area contributed by atoms with E-state index in [4.69, 9.17) is 4.74 Å². The normalized spacial score (nSPS) is 12.4. The van der Waals surface area contributed by atoms with E-state index in [9.17, 15) is 0 Å². The number of rotatable bonds is 7. The summed E-state index contributed by atoms with van der Waals surface area (Å²) in [5.74, 6) is 1.62. The van der Waals surface area contributed by atoms with Gasteiger partial charge in [0.15, 0.2) is 0 Å². The zero-order chi connectivity index (χ0) is 15.1. The van der Waals surface area contributed by atoms with Gasteiger partial charge in [0.2, 0.25) is 0 Å². The van der Waals surface area contributed by atoms with Crippen molar-refractivity contribution < 1.29 is 4.74 Å². The molecule has 1 atom stereocenters. The number of nitrogens with one attached hydrogen (secondary N) is 1. The molecule has 0 heterocycles. The van der Waals surface area contributed by atoms with Crippen molar-refractivity contribution in [1.82, 2.24) is 5.32 Å². The van der Waals surface area contributed by atoms with Crippen molar-refractivity contribution in [3.05, 3.63) is 65.7 Å². The Bertz CT molecular complexity index is 536. The summed E-state index contributed by atoms with van der Waals surface area (Å²) >= 11 is 0. The fourth-order valence-corrected chi connectivity index (χ4v) is 2.24. The number of hydrogen-bond acceptors (Lipinski definition) is 2. The second kappa shape index (κ2) is 7.84. The number of hydrogen-bond donors (Lipinski definition) is 1. The van der Waals surface area contributed by atoms with Crippen LogP contribution in [0.1, 0.15) is 38.0 Å².